The molecule has 8 fully saturated rings. The Morgan fingerprint density at radius 2 is 0.803 bits per heavy atom. The number of hydrogen-bond acceptors (Lipinski definition) is 9. The molecule has 16 bridgehead atoms. The molecule has 0 unspecified atom stereocenters. The lowest BCUT2D eigenvalue weighted by Gasteiger charge is -2.57. The molecule has 3 N–H and O–H groups in total. The van der Waals surface area contributed by atoms with E-state index in [1.807, 2.05) is 36.4 Å². The van der Waals surface area contributed by atoms with Gasteiger partial charge in [0, 0.05) is 37.8 Å². The molecule has 5 aromatic carbocycles. The lowest BCUT2D eigenvalue weighted by atomic mass is 9.48. The Morgan fingerprint density at radius 3 is 1.15 bits per heavy atom. The number of aromatic hydroxyl groups is 3. The van der Waals surface area contributed by atoms with Gasteiger partial charge < -0.3 is 20.1 Å². The van der Waals surface area contributed by atoms with Gasteiger partial charge in [-0.05, 0) is 179 Å². The third-order valence-electron chi connectivity index (χ3n) is 17.5. The summed E-state index contributed by atoms with van der Waals surface area (Å²) in [5.74, 6) is 3.57. The highest BCUT2D eigenvalue weighted by atomic mass is 16.6. The van der Waals surface area contributed by atoms with Crippen molar-refractivity contribution in [3.63, 3.8) is 0 Å². The summed E-state index contributed by atoms with van der Waals surface area (Å²) in [7, 11) is 0. The highest BCUT2D eigenvalue weighted by Gasteiger charge is 2.53. The Hall–Kier alpha value is -6.23. The molecule has 9 aliphatic carbocycles. The number of hydrogen-bond donors (Lipinski definition) is 3. The number of nitro groups is 2. The van der Waals surface area contributed by atoms with E-state index in [4.69, 9.17) is 4.74 Å². The van der Waals surface area contributed by atoms with Gasteiger partial charge >= 0.3 is 5.97 Å². The van der Waals surface area contributed by atoms with E-state index in [0.717, 1.165) is 56.7 Å². The largest absolute Gasteiger partial charge is 0.507 e. The Kier molecular flexibility index (Phi) is 9.46. The van der Waals surface area contributed by atoms with E-state index in [-0.39, 0.29) is 65.1 Å². The van der Waals surface area contributed by atoms with Crippen molar-refractivity contribution >= 4 is 17.3 Å². The van der Waals surface area contributed by atoms with Crippen molar-refractivity contribution in [3.8, 4) is 23.0 Å². The third kappa shape index (κ3) is 6.94. The topological polar surface area (TPSA) is 173 Å². The van der Waals surface area contributed by atoms with Crippen LogP contribution in [0.3, 0.4) is 0 Å². The molecule has 14 rings (SSSR count). The number of non-ortho nitro benzene ring substituents is 2. The standard InChI is InChI=1S/C55H54N2O9/c58-49-36-3-1-4-37(49)14-41-18-46(55-27-33-10-34(28-55)12-35(11-33)29-55)20-43(51(41)60)16-39-6-2-5-38(52(39)66-53(61)44-21-47(56(62)63)23-48(22-44)57(64)65)15-42-19-45(17-40(13-36)50(42)59)54-24-30-7-31(25-54)9-32(8-30)26-54/h1-6,17-23,30-35,58-60H,7-16,24-29H2. The molecule has 11 heteroatoms. The molecule has 0 radical (unpaired) electrons. The van der Waals surface area contributed by atoms with Crippen LogP contribution in [0.25, 0.3) is 0 Å². The van der Waals surface area contributed by atoms with Gasteiger partial charge in [0.1, 0.15) is 23.0 Å². The van der Waals surface area contributed by atoms with E-state index in [0.29, 0.717) is 80.0 Å². The molecule has 0 aliphatic heterocycles. The molecule has 9 aliphatic rings. The summed E-state index contributed by atoms with van der Waals surface area (Å²) in [5, 5.41) is 60.7. The molecule has 0 aromatic heterocycles. The number of esters is 1. The molecule has 338 valence electrons. The molecule has 8 saturated carbocycles. The van der Waals surface area contributed by atoms with Crippen molar-refractivity contribution in [1.29, 1.82) is 0 Å². The summed E-state index contributed by atoms with van der Waals surface area (Å²) in [6.07, 6.45) is 15.1. The third-order valence-corrected chi connectivity index (χ3v) is 17.5. The number of benzene rings is 5. The number of para-hydroxylation sites is 2. The zero-order valence-electron chi connectivity index (χ0n) is 37.0. The van der Waals surface area contributed by atoms with Crippen LogP contribution in [0.1, 0.15) is 143 Å². The van der Waals surface area contributed by atoms with Gasteiger partial charge in [-0.25, -0.2) is 4.79 Å². The fourth-order valence-corrected chi connectivity index (χ4v) is 15.5. The highest BCUT2D eigenvalue weighted by molar-refractivity contribution is 5.93. The van der Waals surface area contributed by atoms with Gasteiger partial charge in [0.05, 0.1) is 21.5 Å². The lowest BCUT2D eigenvalue weighted by molar-refractivity contribution is -0.394. The minimum atomic E-state index is -1.00. The van der Waals surface area contributed by atoms with Crippen LogP contribution in [0.2, 0.25) is 0 Å². The number of nitro benzene ring substituents is 2. The zero-order chi connectivity index (χ0) is 45.2. The van der Waals surface area contributed by atoms with Crippen molar-refractivity contribution in [2.24, 2.45) is 35.5 Å². The van der Waals surface area contributed by atoms with Crippen LogP contribution in [0.5, 0.6) is 23.0 Å². The molecule has 0 heterocycles. The first-order valence-electron chi connectivity index (χ1n) is 24.0. The number of carbonyl (C=O) groups excluding carboxylic acids is 1. The van der Waals surface area contributed by atoms with E-state index < -0.39 is 27.2 Å². The second-order valence-corrected chi connectivity index (χ2v) is 21.9. The van der Waals surface area contributed by atoms with Crippen LogP contribution >= 0.6 is 0 Å². The highest BCUT2D eigenvalue weighted by Crippen LogP contribution is 2.63. The number of rotatable bonds is 6. The average Bonchev–Trinajstić information content (AvgIpc) is 3.27. The monoisotopic (exact) mass is 886 g/mol. The Bertz CT molecular complexity index is 2660. The molecular weight excluding hydrogens is 833 g/mol. The van der Waals surface area contributed by atoms with Crippen molar-refractivity contribution in [1.82, 2.24) is 0 Å². The molecule has 0 atom stereocenters. The van der Waals surface area contributed by atoms with Crippen molar-refractivity contribution < 1.29 is 34.7 Å². The quantitative estimate of drug-likeness (QED) is 0.0636. The van der Waals surface area contributed by atoms with Crippen molar-refractivity contribution in [2.45, 2.75) is 114 Å². The summed E-state index contributed by atoms with van der Waals surface area (Å²) in [6, 6.07) is 22.7. The molecular formula is C55H54N2O9. The van der Waals surface area contributed by atoms with Crippen LogP contribution in [0.4, 0.5) is 11.4 Å². The fourth-order valence-electron chi connectivity index (χ4n) is 15.5. The fraction of sp³-hybridized carbons (Fsp3) is 0.436. The van der Waals surface area contributed by atoms with Gasteiger partial charge in [-0.15, -0.1) is 0 Å². The minimum absolute atomic E-state index is 0.0285. The summed E-state index contributed by atoms with van der Waals surface area (Å²) in [4.78, 5) is 36.6. The first-order chi connectivity index (χ1) is 31.8. The molecule has 11 nitrogen and oxygen atoms in total. The van der Waals surface area contributed by atoms with E-state index in [1.54, 1.807) is 0 Å². The second-order valence-electron chi connectivity index (χ2n) is 21.9. The summed E-state index contributed by atoms with van der Waals surface area (Å²) in [5.41, 5.74) is 5.96. The number of nitrogens with zero attached hydrogens (tertiary/aromatic N) is 2. The van der Waals surface area contributed by atoms with Gasteiger partial charge in [0.25, 0.3) is 11.4 Å². The van der Waals surface area contributed by atoms with E-state index in [1.165, 1.54) is 49.7 Å². The smallest absolute Gasteiger partial charge is 0.344 e. The maximum atomic E-state index is 14.3. The average molecular weight is 887 g/mol. The van der Waals surface area contributed by atoms with Crippen LogP contribution < -0.4 is 4.74 Å². The van der Waals surface area contributed by atoms with Crippen molar-refractivity contribution in [3.05, 3.63) is 160 Å². The van der Waals surface area contributed by atoms with Crippen molar-refractivity contribution in [2.75, 3.05) is 0 Å². The molecule has 0 spiro atoms. The van der Waals surface area contributed by atoms with Gasteiger partial charge in [-0.3, -0.25) is 20.2 Å². The van der Waals surface area contributed by atoms with Gasteiger partial charge in [-0.1, -0.05) is 60.7 Å². The molecule has 5 aromatic rings. The van der Waals surface area contributed by atoms with E-state index >= 15 is 0 Å². The van der Waals surface area contributed by atoms with Crippen LogP contribution in [0.15, 0.2) is 78.9 Å². The summed E-state index contributed by atoms with van der Waals surface area (Å²) < 4.78 is 6.33. The lowest BCUT2D eigenvalue weighted by Crippen LogP contribution is -2.48. The molecule has 0 saturated heterocycles. The minimum Gasteiger partial charge on any atom is -0.507 e. The number of ether oxygens (including phenoxy) is 1. The molecule has 0 amide bonds. The number of fused-ring (bicyclic) bond motifs is 8. The first-order valence-corrected chi connectivity index (χ1v) is 24.0. The van der Waals surface area contributed by atoms with Gasteiger partial charge in [0.15, 0.2) is 0 Å². The molecule has 66 heavy (non-hydrogen) atoms. The Morgan fingerprint density at radius 1 is 0.485 bits per heavy atom. The Balaban J connectivity index is 1.04. The zero-order valence-corrected chi connectivity index (χ0v) is 37.0. The first kappa shape index (κ1) is 41.2. The second kappa shape index (κ2) is 15.2. The Labute approximate surface area is 383 Å². The van der Waals surface area contributed by atoms with Gasteiger partial charge in [-0.2, -0.15) is 0 Å². The van der Waals surface area contributed by atoms with Gasteiger partial charge in [0.2, 0.25) is 0 Å². The SMILES string of the molecule is O=C(Oc1c2cccc1Cc1cc(C34CC5CC(CC(C5)C3)C4)cc(c1O)Cc1cccc(c1O)Cc1cc(C34CC5CC(CC(C5)C3)C4)cc(c1O)C2)c1cc([N+](=O)[O-])cc([N+](=O)[O-])c1. The maximum Gasteiger partial charge on any atom is 0.344 e. The summed E-state index contributed by atoms with van der Waals surface area (Å²) >= 11 is 0. The predicted molar refractivity (Wildman–Crippen MR) is 246 cm³/mol. The van der Waals surface area contributed by atoms with Crippen LogP contribution in [-0.4, -0.2) is 31.1 Å². The number of phenols is 3. The van der Waals surface area contributed by atoms with E-state index in [9.17, 15) is 40.3 Å². The van der Waals surface area contributed by atoms with Crippen LogP contribution in [-0.2, 0) is 36.5 Å². The predicted octanol–water partition coefficient (Wildman–Crippen LogP) is 11.5. The van der Waals surface area contributed by atoms with E-state index in [2.05, 4.69) is 24.3 Å². The van der Waals surface area contributed by atoms with Crippen LogP contribution in [0, 0.1) is 55.7 Å². The normalized spacial score (nSPS) is 28.8. The maximum absolute atomic E-state index is 14.3. The number of phenolic OH excluding ortho intramolecular Hbond substituents is 3. The summed E-state index contributed by atoms with van der Waals surface area (Å²) in [6.45, 7) is 0. The number of carbonyl (C=O) groups is 1.